The van der Waals surface area contributed by atoms with Gasteiger partial charge < -0.3 is 14.6 Å². The third kappa shape index (κ3) is 4.63. The first-order valence-corrected chi connectivity index (χ1v) is 7.82. The molecule has 5 heteroatoms. The van der Waals surface area contributed by atoms with E-state index in [1.165, 1.54) is 7.11 Å². The van der Waals surface area contributed by atoms with Gasteiger partial charge in [0.05, 0.1) is 18.9 Å². The third-order valence-corrected chi connectivity index (χ3v) is 3.66. The lowest BCUT2D eigenvalue weighted by Gasteiger charge is -2.16. The lowest BCUT2D eigenvalue weighted by Crippen LogP contribution is -2.17. The summed E-state index contributed by atoms with van der Waals surface area (Å²) in [6.07, 6.45) is 0.431. The Balaban J connectivity index is 2.18. The molecule has 0 spiro atoms. The van der Waals surface area contributed by atoms with Gasteiger partial charge in [-0.2, -0.15) is 0 Å². The maximum absolute atomic E-state index is 12.1. The molecule has 4 nitrogen and oxygen atoms in total. The number of methoxy groups -OCH3 is 1. The molecule has 0 heterocycles. The van der Waals surface area contributed by atoms with Gasteiger partial charge in [0.1, 0.15) is 18.1 Å². The zero-order valence-electron chi connectivity index (χ0n) is 12.9. The van der Waals surface area contributed by atoms with Gasteiger partial charge in [-0.25, -0.2) is 0 Å². The van der Waals surface area contributed by atoms with E-state index in [-0.39, 0.29) is 11.7 Å². The first-order chi connectivity index (χ1) is 11.2. The molecular weight excluding hydrogens is 316 g/mol. The van der Waals surface area contributed by atoms with Crippen molar-refractivity contribution in [2.45, 2.75) is 12.3 Å². The Kier molecular flexibility index (Phi) is 6.29. The summed E-state index contributed by atoms with van der Waals surface area (Å²) >= 11 is 5.58. The van der Waals surface area contributed by atoms with Crippen LogP contribution in [0, 0.1) is 0 Å². The average molecular weight is 335 g/mol. The monoisotopic (exact) mass is 334 g/mol. The maximum atomic E-state index is 12.1. The van der Waals surface area contributed by atoms with Crippen LogP contribution >= 0.6 is 11.6 Å². The van der Waals surface area contributed by atoms with Crippen LogP contribution in [0.5, 0.6) is 11.5 Å². The summed E-state index contributed by atoms with van der Waals surface area (Å²) in [5, 5.41) is 10.0. The van der Waals surface area contributed by atoms with E-state index in [4.69, 9.17) is 21.1 Å². The van der Waals surface area contributed by atoms with Gasteiger partial charge in [-0.3, -0.25) is 4.79 Å². The van der Waals surface area contributed by atoms with Crippen molar-refractivity contribution in [2.24, 2.45) is 0 Å². The summed E-state index contributed by atoms with van der Waals surface area (Å²) in [6, 6.07) is 14.2. The van der Waals surface area contributed by atoms with Crippen LogP contribution in [0.15, 0.2) is 48.5 Å². The zero-order valence-corrected chi connectivity index (χ0v) is 13.6. The van der Waals surface area contributed by atoms with E-state index in [1.54, 1.807) is 24.3 Å². The Morgan fingerprint density at radius 2 is 1.87 bits per heavy atom. The molecule has 1 unspecified atom stereocenters. The molecule has 23 heavy (non-hydrogen) atoms. The number of benzene rings is 2. The highest BCUT2D eigenvalue weighted by molar-refractivity contribution is 6.18. The molecule has 1 atom stereocenters. The van der Waals surface area contributed by atoms with Crippen LogP contribution in [0.2, 0.25) is 0 Å². The van der Waals surface area contributed by atoms with E-state index in [0.29, 0.717) is 24.5 Å². The molecule has 0 saturated carbocycles. The first kappa shape index (κ1) is 17.2. The molecule has 2 rings (SSSR count). The lowest BCUT2D eigenvalue weighted by atomic mass is 9.91. The van der Waals surface area contributed by atoms with Crippen molar-refractivity contribution in [2.75, 3.05) is 19.6 Å². The molecule has 0 saturated heterocycles. The molecule has 2 aromatic carbocycles. The van der Waals surface area contributed by atoms with Gasteiger partial charge in [-0.1, -0.05) is 30.3 Å². The molecule has 0 bridgehead atoms. The fourth-order valence-corrected chi connectivity index (χ4v) is 2.44. The second-order valence-electron chi connectivity index (χ2n) is 5.02. The SMILES string of the molecule is COC(=O)C(Cc1ccc(OCCCl)cc1)c1ccccc1O. The molecule has 0 aliphatic rings. The molecule has 0 aromatic heterocycles. The van der Waals surface area contributed by atoms with Crippen molar-refractivity contribution in [3.8, 4) is 11.5 Å². The zero-order chi connectivity index (χ0) is 16.7. The number of para-hydroxylation sites is 1. The molecule has 0 amide bonds. The second kappa shape index (κ2) is 8.44. The van der Waals surface area contributed by atoms with Crippen molar-refractivity contribution >= 4 is 17.6 Å². The van der Waals surface area contributed by atoms with Gasteiger partial charge in [-0.15, -0.1) is 11.6 Å². The smallest absolute Gasteiger partial charge is 0.313 e. The fraction of sp³-hybridized carbons (Fsp3) is 0.278. The topological polar surface area (TPSA) is 55.8 Å². The summed E-state index contributed by atoms with van der Waals surface area (Å²) in [7, 11) is 1.35. The molecule has 1 N–H and O–H groups in total. The number of hydrogen-bond acceptors (Lipinski definition) is 4. The molecule has 0 fully saturated rings. The van der Waals surface area contributed by atoms with Crippen LogP contribution < -0.4 is 4.74 Å². The molecule has 0 radical (unpaired) electrons. The number of ether oxygens (including phenoxy) is 2. The van der Waals surface area contributed by atoms with E-state index >= 15 is 0 Å². The van der Waals surface area contributed by atoms with Crippen molar-refractivity contribution in [3.05, 3.63) is 59.7 Å². The molecule has 0 aliphatic heterocycles. The first-order valence-electron chi connectivity index (χ1n) is 7.29. The number of rotatable bonds is 7. The highest BCUT2D eigenvalue weighted by Crippen LogP contribution is 2.30. The number of halogens is 1. The standard InChI is InChI=1S/C18H19ClO4/c1-22-18(21)16(15-4-2-3-5-17(15)20)12-13-6-8-14(9-7-13)23-11-10-19/h2-9,16,20H,10-12H2,1H3. The minimum absolute atomic E-state index is 0.0879. The predicted molar refractivity (Wildman–Crippen MR) is 89.2 cm³/mol. The van der Waals surface area contributed by atoms with Gasteiger partial charge in [0.25, 0.3) is 0 Å². The van der Waals surface area contributed by atoms with Crippen molar-refractivity contribution < 1.29 is 19.4 Å². The number of carbonyl (C=O) groups excluding carboxylic acids is 1. The summed E-state index contributed by atoms with van der Waals surface area (Å²) in [5.74, 6) is 0.306. The molecule has 0 aliphatic carbocycles. The minimum atomic E-state index is -0.559. The molecule has 122 valence electrons. The molecular formula is C18H19ClO4. The summed E-state index contributed by atoms with van der Waals surface area (Å²) in [6.45, 7) is 0.448. The lowest BCUT2D eigenvalue weighted by molar-refractivity contribution is -0.142. The number of carbonyl (C=O) groups is 1. The van der Waals surface area contributed by atoms with E-state index in [1.807, 2.05) is 24.3 Å². The Hall–Kier alpha value is -2.20. The molecule has 2 aromatic rings. The van der Waals surface area contributed by atoms with Crippen LogP contribution in [0.4, 0.5) is 0 Å². The van der Waals surface area contributed by atoms with E-state index < -0.39 is 5.92 Å². The van der Waals surface area contributed by atoms with Gasteiger partial charge in [-0.05, 0) is 30.2 Å². The van der Waals surface area contributed by atoms with Crippen LogP contribution in [0.3, 0.4) is 0 Å². The van der Waals surface area contributed by atoms with Gasteiger partial charge in [0.15, 0.2) is 0 Å². The van der Waals surface area contributed by atoms with E-state index in [0.717, 1.165) is 11.3 Å². The second-order valence-corrected chi connectivity index (χ2v) is 5.40. The van der Waals surface area contributed by atoms with Crippen LogP contribution in [-0.2, 0) is 16.0 Å². The maximum Gasteiger partial charge on any atom is 0.313 e. The summed E-state index contributed by atoms with van der Waals surface area (Å²) < 4.78 is 10.3. The van der Waals surface area contributed by atoms with Crippen LogP contribution in [-0.4, -0.2) is 30.7 Å². The van der Waals surface area contributed by atoms with Gasteiger partial charge >= 0.3 is 5.97 Å². The number of hydrogen-bond donors (Lipinski definition) is 1. The number of esters is 1. The number of alkyl halides is 1. The predicted octanol–water partition coefficient (Wildman–Crippen LogP) is 3.51. The fourth-order valence-electron chi connectivity index (χ4n) is 2.36. The minimum Gasteiger partial charge on any atom is -0.508 e. The quantitative estimate of drug-likeness (QED) is 0.622. The van der Waals surface area contributed by atoms with Crippen molar-refractivity contribution in [3.63, 3.8) is 0 Å². The highest BCUT2D eigenvalue weighted by atomic mass is 35.5. The largest absolute Gasteiger partial charge is 0.508 e. The summed E-state index contributed by atoms with van der Waals surface area (Å²) in [4.78, 5) is 12.1. The van der Waals surface area contributed by atoms with Gasteiger partial charge in [0, 0.05) is 5.56 Å². The van der Waals surface area contributed by atoms with Crippen LogP contribution in [0.1, 0.15) is 17.0 Å². The van der Waals surface area contributed by atoms with Gasteiger partial charge in [0.2, 0.25) is 0 Å². The van der Waals surface area contributed by atoms with E-state index in [9.17, 15) is 9.90 Å². The van der Waals surface area contributed by atoms with Crippen LogP contribution in [0.25, 0.3) is 0 Å². The number of aromatic hydroxyl groups is 1. The average Bonchev–Trinajstić information content (AvgIpc) is 2.59. The highest BCUT2D eigenvalue weighted by Gasteiger charge is 2.24. The Labute approximate surface area is 140 Å². The Morgan fingerprint density at radius 1 is 1.17 bits per heavy atom. The Morgan fingerprint density at radius 3 is 2.48 bits per heavy atom. The Bertz CT molecular complexity index is 640. The third-order valence-electron chi connectivity index (χ3n) is 3.51. The number of phenolic OH excluding ortho intramolecular Hbond substituents is 1. The van der Waals surface area contributed by atoms with Crippen molar-refractivity contribution in [1.29, 1.82) is 0 Å². The number of phenols is 1. The van der Waals surface area contributed by atoms with E-state index in [2.05, 4.69) is 0 Å². The van der Waals surface area contributed by atoms with Crippen molar-refractivity contribution in [1.82, 2.24) is 0 Å². The summed E-state index contributed by atoms with van der Waals surface area (Å²) in [5.41, 5.74) is 1.50. The normalized spacial score (nSPS) is 11.7.